The number of rotatable bonds is 4. The molecule has 0 aliphatic rings. The Balaban J connectivity index is 2.11. The molecule has 0 saturated carbocycles. The van der Waals surface area contributed by atoms with Crippen LogP contribution in [0.4, 0.5) is 0 Å². The predicted octanol–water partition coefficient (Wildman–Crippen LogP) is 3.05. The van der Waals surface area contributed by atoms with Gasteiger partial charge in [-0.15, -0.1) is 11.3 Å². The quantitative estimate of drug-likeness (QED) is 0.927. The molecule has 0 fully saturated rings. The zero-order valence-electron chi connectivity index (χ0n) is 9.39. The van der Waals surface area contributed by atoms with Crippen LogP contribution in [0.5, 0.6) is 5.75 Å². The molecule has 2 aromatic rings. The van der Waals surface area contributed by atoms with Gasteiger partial charge in [0, 0.05) is 28.7 Å². The van der Waals surface area contributed by atoms with Crippen LogP contribution in [0, 0.1) is 0 Å². The van der Waals surface area contributed by atoms with E-state index >= 15 is 0 Å². The van der Waals surface area contributed by atoms with Crippen LogP contribution in [0.2, 0.25) is 5.02 Å². The summed E-state index contributed by atoms with van der Waals surface area (Å²) in [6, 6.07) is 3.79. The first-order valence-electron chi connectivity index (χ1n) is 5.17. The van der Waals surface area contributed by atoms with Gasteiger partial charge in [-0.2, -0.15) is 0 Å². The first kappa shape index (κ1) is 12.4. The highest BCUT2D eigenvalue weighted by Gasteiger charge is 2.12. The molecule has 0 aliphatic carbocycles. The van der Waals surface area contributed by atoms with E-state index in [0.29, 0.717) is 11.4 Å². The Hall–Kier alpha value is -1.10. The number of hydrogen-bond acceptors (Lipinski definition) is 4. The average molecular weight is 269 g/mol. The minimum Gasteiger partial charge on any atom is -0.496 e. The van der Waals surface area contributed by atoms with Gasteiger partial charge in [0.25, 0.3) is 0 Å². The fraction of sp³-hybridized carbons (Fsp3) is 0.250. The standard InChI is InChI=1S/C12H13ClN2OS/c1-16-9-5-12(17-7-9)11(14)4-8-2-3-15-6-10(8)13/h2-3,5-7,11H,4,14H2,1H3. The Labute approximate surface area is 109 Å². The van der Waals surface area contributed by atoms with Gasteiger partial charge in [-0.25, -0.2) is 0 Å². The molecule has 1 unspecified atom stereocenters. The number of nitrogens with zero attached hydrogens (tertiary/aromatic N) is 1. The van der Waals surface area contributed by atoms with Crippen molar-refractivity contribution < 1.29 is 4.74 Å². The molecule has 0 saturated heterocycles. The smallest absolute Gasteiger partial charge is 0.129 e. The number of methoxy groups -OCH3 is 1. The van der Waals surface area contributed by atoms with E-state index in [1.807, 2.05) is 17.5 Å². The van der Waals surface area contributed by atoms with Gasteiger partial charge < -0.3 is 10.5 Å². The highest BCUT2D eigenvalue weighted by molar-refractivity contribution is 7.10. The molecule has 0 aliphatic heterocycles. The van der Waals surface area contributed by atoms with Crippen molar-refractivity contribution in [2.75, 3.05) is 7.11 Å². The van der Waals surface area contributed by atoms with Gasteiger partial charge in [-0.3, -0.25) is 4.98 Å². The number of thiophene rings is 1. The molecule has 0 spiro atoms. The Morgan fingerprint density at radius 2 is 2.41 bits per heavy atom. The topological polar surface area (TPSA) is 48.1 Å². The lowest BCUT2D eigenvalue weighted by atomic mass is 10.1. The fourth-order valence-electron chi connectivity index (χ4n) is 1.54. The van der Waals surface area contributed by atoms with Crippen molar-refractivity contribution in [3.05, 3.63) is 45.4 Å². The largest absolute Gasteiger partial charge is 0.496 e. The zero-order valence-corrected chi connectivity index (χ0v) is 11.0. The molecular weight excluding hydrogens is 256 g/mol. The fourth-order valence-corrected chi connectivity index (χ4v) is 2.60. The van der Waals surface area contributed by atoms with Crippen molar-refractivity contribution >= 4 is 22.9 Å². The number of pyridine rings is 1. The number of halogens is 1. The van der Waals surface area contributed by atoms with Crippen LogP contribution in [0.25, 0.3) is 0 Å². The van der Waals surface area contributed by atoms with Crippen LogP contribution in [0.3, 0.4) is 0 Å². The van der Waals surface area contributed by atoms with Crippen LogP contribution < -0.4 is 10.5 Å². The summed E-state index contributed by atoms with van der Waals surface area (Å²) >= 11 is 7.65. The minimum atomic E-state index is -0.0659. The second kappa shape index (κ2) is 5.49. The Morgan fingerprint density at radius 1 is 1.59 bits per heavy atom. The number of aromatic nitrogens is 1. The van der Waals surface area contributed by atoms with Gasteiger partial charge in [0.05, 0.1) is 12.1 Å². The summed E-state index contributed by atoms with van der Waals surface area (Å²) in [6.07, 6.45) is 4.06. The molecule has 0 radical (unpaired) electrons. The van der Waals surface area contributed by atoms with Crippen molar-refractivity contribution in [2.45, 2.75) is 12.5 Å². The summed E-state index contributed by atoms with van der Waals surface area (Å²) in [4.78, 5) is 5.04. The third-order valence-electron chi connectivity index (χ3n) is 2.49. The molecule has 0 amide bonds. The van der Waals surface area contributed by atoms with E-state index < -0.39 is 0 Å². The van der Waals surface area contributed by atoms with Gasteiger partial charge in [0.15, 0.2) is 0 Å². The van der Waals surface area contributed by atoms with E-state index in [1.54, 1.807) is 30.8 Å². The van der Waals surface area contributed by atoms with Crippen molar-refractivity contribution in [1.29, 1.82) is 0 Å². The lowest BCUT2D eigenvalue weighted by Crippen LogP contribution is -2.12. The molecule has 2 rings (SSSR count). The summed E-state index contributed by atoms with van der Waals surface area (Å²) in [5.41, 5.74) is 7.16. The summed E-state index contributed by atoms with van der Waals surface area (Å²) in [6.45, 7) is 0. The maximum atomic E-state index is 6.14. The molecule has 90 valence electrons. The third kappa shape index (κ3) is 2.97. The van der Waals surface area contributed by atoms with E-state index in [-0.39, 0.29) is 6.04 Å². The Kier molecular flexibility index (Phi) is 3.99. The predicted molar refractivity (Wildman–Crippen MR) is 70.8 cm³/mol. The first-order chi connectivity index (χ1) is 8.20. The lowest BCUT2D eigenvalue weighted by Gasteiger charge is -2.10. The molecule has 1 atom stereocenters. The minimum absolute atomic E-state index is 0.0659. The Bertz CT molecular complexity index is 501. The first-order valence-corrected chi connectivity index (χ1v) is 6.43. The van der Waals surface area contributed by atoms with Crippen molar-refractivity contribution in [3.63, 3.8) is 0 Å². The van der Waals surface area contributed by atoms with Crippen molar-refractivity contribution in [3.8, 4) is 5.75 Å². The number of nitrogens with two attached hydrogens (primary N) is 1. The molecule has 2 heterocycles. The van der Waals surface area contributed by atoms with Gasteiger partial charge in [-0.1, -0.05) is 11.6 Å². The summed E-state index contributed by atoms with van der Waals surface area (Å²) in [5.74, 6) is 0.848. The molecule has 0 aromatic carbocycles. The van der Waals surface area contributed by atoms with Crippen LogP contribution in [-0.2, 0) is 6.42 Å². The molecule has 5 heteroatoms. The highest BCUT2D eigenvalue weighted by Crippen LogP contribution is 2.28. The molecule has 2 aromatic heterocycles. The van der Waals surface area contributed by atoms with Crippen LogP contribution in [0.1, 0.15) is 16.5 Å². The van der Waals surface area contributed by atoms with E-state index in [2.05, 4.69) is 4.98 Å². The Morgan fingerprint density at radius 3 is 3.06 bits per heavy atom. The highest BCUT2D eigenvalue weighted by atomic mass is 35.5. The van der Waals surface area contributed by atoms with Crippen LogP contribution in [-0.4, -0.2) is 12.1 Å². The normalized spacial score (nSPS) is 12.4. The van der Waals surface area contributed by atoms with Crippen molar-refractivity contribution in [1.82, 2.24) is 4.98 Å². The molecule has 2 N–H and O–H groups in total. The number of ether oxygens (including phenoxy) is 1. The summed E-state index contributed by atoms with van der Waals surface area (Å²) in [5, 5.41) is 2.61. The number of hydrogen-bond donors (Lipinski definition) is 1. The van der Waals surface area contributed by atoms with E-state index in [0.717, 1.165) is 16.2 Å². The molecule has 3 nitrogen and oxygen atoms in total. The molecular formula is C12H13ClN2OS. The van der Waals surface area contributed by atoms with E-state index in [9.17, 15) is 0 Å². The third-order valence-corrected chi connectivity index (χ3v) is 3.88. The van der Waals surface area contributed by atoms with Gasteiger partial charge in [-0.05, 0) is 24.1 Å². The molecule has 0 bridgehead atoms. The van der Waals surface area contributed by atoms with Gasteiger partial charge >= 0.3 is 0 Å². The van der Waals surface area contributed by atoms with Gasteiger partial charge in [0.2, 0.25) is 0 Å². The van der Waals surface area contributed by atoms with Crippen LogP contribution in [0.15, 0.2) is 29.9 Å². The van der Waals surface area contributed by atoms with E-state index in [1.165, 1.54) is 0 Å². The monoisotopic (exact) mass is 268 g/mol. The maximum absolute atomic E-state index is 6.14. The zero-order chi connectivity index (χ0) is 12.3. The second-order valence-electron chi connectivity index (χ2n) is 3.67. The summed E-state index contributed by atoms with van der Waals surface area (Å²) < 4.78 is 5.14. The SMILES string of the molecule is COc1csc(C(N)Cc2ccncc2Cl)c1. The maximum Gasteiger partial charge on any atom is 0.129 e. The summed E-state index contributed by atoms with van der Waals surface area (Å²) in [7, 11) is 1.65. The second-order valence-corrected chi connectivity index (χ2v) is 5.02. The van der Waals surface area contributed by atoms with Crippen molar-refractivity contribution in [2.24, 2.45) is 5.73 Å². The van der Waals surface area contributed by atoms with Gasteiger partial charge in [0.1, 0.15) is 5.75 Å². The lowest BCUT2D eigenvalue weighted by molar-refractivity contribution is 0.416. The average Bonchev–Trinajstić information content (AvgIpc) is 2.81. The van der Waals surface area contributed by atoms with Crippen LogP contribution >= 0.6 is 22.9 Å². The molecule has 17 heavy (non-hydrogen) atoms. The van der Waals surface area contributed by atoms with E-state index in [4.69, 9.17) is 22.1 Å².